The number of hydrogen-bond acceptors (Lipinski definition) is 4. The van der Waals surface area contributed by atoms with Crippen LogP contribution in [0, 0.1) is 0 Å². The monoisotopic (exact) mass is 405 g/mol. The van der Waals surface area contributed by atoms with E-state index in [-0.39, 0.29) is 11.8 Å². The molecule has 0 fully saturated rings. The summed E-state index contributed by atoms with van der Waals surface area (Å²) in [6, 6.07) is 9.02. The second kappa shape index (κ2) is 8.65. The van der Waals surface area contributed by atoms with Crippen molar-refractivity contribution < 1.29 is 9.59 Å². The zero-order chi connectivity index (χ0) is 21.1. The summed E-state index contributed by atoms with van der Waals surface area (Å²) in [5, 5.41) is 8.21. The number of nitrogens with zero attached hydrogens (tertiary/aromatic N) is 4. The van der Waals surface area contributed by atoms with Crippen molar-refractivity contribution in [1.82, 2.24) is 19.7 Å². The fourth-order valence-corrected chi connectivity index (χ4v) is 3.92. The van der Waals surface area contributed by atoms with E-state index in [1.807, 2.05) is 29.8 Å². The van der Waals surface area contributed by atoms with Gasteiger partial charge < -0.3 is 10.2 Å². The van der Waals surface area contributed by atoms with E-state index in [1.54, 1.807) is 23.2 Å². The first-order chi connectivity index (χ1) is 14.6. The maximum absolute atomic E-state index is 13.1. The van der Waals surface area contributed by atoms with Crippen LogP contribution in [0.3, 0.4) is 0 Å². The van der Waals surface area contributed by atoms with Gasteiger partial charge in [0.05, 0.1) is 35.1 Å². The van der Waals surface area contributed by atoms with Crippen LogP contribution in [0.4, 0.5) is 5.69 Å². The Morgan fingerprint density at radius 2 is 1.90 bits per heavy atom. The second-order valence-electron chi connectivity index (χ2n) is 7.67. The van der Waals surface area contributed by atoms with Crippen LogP contribution in [-0.4, -0.2) is 38.0 Å². The number of nitrogens with one attached hydrogen (secondary N) is 1. The summed E-state index contributed by atoms with van der Waals surface area (Å²) in [5.41, 5.74) is 2.99. The summed E-state index contributed by atoms with van der Waals surface area (Å²) in [6.45, 7) is 6.11. The number of carbonyl (C=O) groups excluding carboxylic acids is 2. The van der Waals surface area contributed by atoms with Crippen molar-refractivity contribution in [2.24, 2.45) is 0 Å². The molecule has 0 aliphatic carbocycles. The van der Waals surface area contributed by atoms with Gasteiger partial charge in [-0.05, 0) is 25.0 Å². The Morgan fingerprint density at radius 1 is 1.10 bits per heavy atom. The number of unbranched alkanes of at least 4 members (excludes halogenated alkanes) is 2. The van der Waals surface area contributed by atoms with Gasteiger partial charge in [-0.15, -0.1) is 0 Å². The minimum Gasteiger partial charge on any atom is -0.333 e. The molecule has 2 amide bonds. The van der Waals surface area contributed by atoms with E-state index in [0.717, 1.165) is 37.9 Å². The summed E-state index contributed by atoms with van der Waals surface area (Å²) in [5.74, 6) is -0.325. The van der Waals surface area contributed by atoms with E-state index in [9.17, 15) is 9.59 Å². The molecule has 2 aromatic heterocycles. The predicted octanol–water partition coefficient (Wildman–Crippen LogP) is 4.24. The van der Waals surface area contributed by atoms with Gasteiger partial charge in [-0.3, -0.25) is 9.59 Å². The molecule has 0 radical (unpaired) electrons. The Bertz CT molecular complexity index is 1070. The molecule has 0 saturated carbocycles. The Balaban J connectivity index is 1.78. The van der Waals surface area contributed by atoms with Crippen LogP contribution < -0.4 is 5.32 Å². The summed E-state index contributed by atoms with van der Waals surface area (Å²) in [6.07, 6.45) is 5.84. The van der Waals surface area contributed by atoms with E-state index >= 15 is 0 Å². The van der Waals surface area contributed by atoms with E-state index in [2.05, 4.69) is 17.3 Å². The van der Waals surface area contributed by atoms with Gasteiger partial charge >= 0.3 is 0 Å². The van der Waals surface area contributed by atoms with Gasteiger partial charge in [0.1, 0.15) is 0 Å². The summed E-state index contributed by atoms with van der Waals surface area (Å²) >= 11 is 0. The number of aryl methyl sites for hydroxylation is 1. The molecule has 1 aliphatic rings. The molecule has 156 valence electrons. The molecule has 0 unspecified atom stereocenters. The van der Waals surface area contributed by atoms with Crippen LogP contribution in [0.2, 0.25) is 0 Å². The SMILES string of the molecule is CCCCCn1ncc2c(NC(=O)c3ccccc3)c3c(nc21)CN(CCC)C3=O. The van der Waals surface area contributed by atoms with Gasteiger partial charge in [0.15, 0.2) is 5.65 Å². The fraction of sp³-hybridized carbons (Fsp3) is 0.391. The van der Waals surface area contributed by atoms with Crippen LogP contribution in [0.1, 0.15) is 65.9 Å². The maximum Gasteiger partial charge on any atom is 0.258 e. The number of pyridine rings is 1. The lowest BCUT2D eigenvalue weighted by molar-refractivity contribution is 0.0779. The highest BCUT2D eigenvalue weighted by atomic mass is 16.2. The quantitative estimate of drug-likeness (QED) is 0.569. The average molecular weight is 406 g/mol. The van der Waals surface area contributed by atoms with E-state index < -0.39 is 0 Å². The first-order valence-electron chi connectivity index (χ1n) is 10.7. The molecule has 1 aromatic carbocycles. The summed E-state index contributed by atoms with van der Waals surface area (Å²) in [4.78, 5) is 32.6. The molecule has 1 aliphatic heterocycles. The molecule has 3 heterocycles. The molecular formula is C23H27N5O2. The van der Waals surface area contributed by atoms with Crippen LogP contribution in [-0.2, 0) is 13.1 Å². The molecule has 0 atom stereocenters. The fourth-order valence-electron chi connectivity index (χ4n) is 3.92. The lowest BCUT2D eigenvalue weighted by Gasteiger charge is -2.14. The number of carbonyl (C=O) groups is 2. The largest absolute Gasteiger partial charge is 0.333 e. The van der Waals surface area contributed by atoms with Gasteiger partial charge in [0, 0.05) is 18.7 Å². The van der Waals surface area contributed by atoms with Crippen molar-refractivity contribution in [2.75, 3.05) is 11.9 Å². The van der Waals surface area contributed by atoms with Crippen molar-refractivity contribution in [1.29, 1.82) is 0 Å². The standard InChI is InChI=1S/C23H27N5O2/c1-3-5-9-13-28-21-17(14-24-28)20(26-22(29)16-10-7-6-8-11-16)19-18(25-21)15-27(12-4-2)23(19)30/h6-8,10-11,14H,3-5,9,12-13,15H2,1-2H3,(H,25,26,29). The lowest BCUT2D eigenvalue weighted by atomic mass is 10.1. The highest BCUT2D eigenvalue weighted by Gasteiger charge is 2.34. The molecule has 1 N–H and O–H groups in total. The van der Waals surface area contributed by atoms with E-state index in [4.69, 9.17) is 4.98 Å². The average Bonchev–Trinajstić information content (AvgIpc) is 3.30. The molecule has 0 bridgehead atoms. The summed E-state index contributed by atoms with van der Waals surface area (Å²) < 4.78 is 1.89. The molecule has 7 nitrogen and oxygen atoms in total. The highest BCUT2D eigenvalue weighted by molar-refractivity contribution is 6.15. The van der Waals surface area contributed by atoms with Gasteiger partial charge in [0.2, 0.25) is 0 Å². The second-order valence-corrected chi connectivity index (χ2v) is 7.67. The number of amides is 2. The molecule has 30 heavy (non-hydrogen) atoms. The van der Waals surface area contributed by atoms with Crippen molar-refractivity contribution >= 4 is 28.5 Å². The molecule has 7 heteroatoms. The van der Waals surface area contributed by atoms with Crippen LogP contribution in [0.15, 0.2) is 36.5 Å². The molecule has 3 aromatic rings. The normalized spacial score (nSPS) is 13.1. The molecule has 0 saturated heterocycles. The van der Waals surface area contributed by atoms with Crippen molar-refractivity contribution in [3.63, 3.8) is 0 Å². The van der Waals surface area contributed by atoms with E-state index in [1.165, 1.54) is 0 Å². The first-order valence-corrected chi connectivity index (χ1v) is 10.7. The van der Waals surface area contributed by atoms with Crippen LogP contribution in [0.25, 0.3) is 11.0 Å². The predicted molar refractivity (Wildman–Crippen MR) is 116 cm³/mol. The number of rotatable bonds is 8. The summed E-state index contributed by atoms with van der Waals surface area (Å²) in [7, 11) is 0. The van der Waals surface area contributed by atoms with Crippen LogP contribution in [0.5, 0.6) is 0 Å². The van der Waals surface area contributed by atoms with E-state index in [0.29, 0.717) is 41.0 Å². The third kappa shape index (κ3) is 3.67. The third-order valence-electron chi connectivity index (χ3n) is 5.44. The first kappa shape index (κ1) is 20.1. The Labute approximate surface area is 176 Å². The molecule has 0 spiro atoms. The Hall–Kier alpha value is -3.22. The minimum absolute atomic E-state index is 0.0802. The zero-order valence-electron chi connectivity index (χ0n) is 17.5. The molecule has 4 rings (SSSR count). The number of aromatic nitrogens is 3. The highest BCUT2D eigenvalue weighted by Crippen LogP contribution is 2.34. The molecular weight excluding hydrogens is 378 g/mol. The minimum atomic E-state index is -0.245. The van der Waals surface area contributed by atoms with Gasteiger partial charge in [-0.25, -0.2) is 9.67 Å². The van der Waals surface area contributed by atoms with Crippen LogP contribution >= 0.6 is 0 Å². The number of fused-ring (bicyclic) bond motifs is 2. The zero-order valence-corrected chi connectivity index (χ0v) is 17.5. The number of benzene rings is 1. The Kier molecular flexibility index (Phi) is 5.79. The van der Waals surface area contributed by atoms with Gasteiger partial charge in [-0.2, -0.15) is 5.10 Å². The maximum atomic E-state index is 13.1. The lowest BCUT2D eigenvalue weighted by Crippen LogP contribution is -2.25. The number of hydrogen-bond donors (Lipinski definition) is 1. The smallest absolute Gasteiger partial charge is 0.258 e. The number of anilines is 1. The van der Waals surface area contributed by atoms with Crippen molar-refractivity contribution in [3.05, 3.63) is 53.3 Å². The van der Waals surface area contributed by atoms with Crippen molar-refractivity contribution in [2.45, 2.75) is 52.6 Å². The Morgan fingerprint density at radius 3 is 2.63 bits per heavy atom. The topological polar surface area (TPSA) is 80.1 Å². The van der Waals surface area contributed by atoms with Gasteiger partial charge in [-0.1, -0.05) is 44.9 Å². The van der Waals surface area contributed by atoms with Gasteiger partial charge in [0.25, 0.3) is 11.8 Å². The van der Waals surface area contributed by atoms with Crippen molar-refractivity contribution in [3.8, 4) is 0 Å². The third-order valence-corrected chi connectivity index (χ3v) is 5.44.